The number of rotatable bonds is 18. The van der Waals surface area contributed by atoms with E-state index in [4.69, 9.17) is 41.3 Å². The minimum Gasteiger partial charge on any atom is -0.463 e. The summed E-state index contributed by atoms with van der Waals surface area (Å²) in [7, 11) is 0. The molecule has 0 aliphatic carbocycles. The average Bonchev–Trinajstić information content (AvgIpc) is 1.75. The molecule has 8 rings (SSSR count). The van der Waals surface area contributed by atoms with Gasteiger partial charge in [0.2, 0.25) is 41.7 Å². The molecule has 0 saturated carbocycles. The molecule has 0 radical (unpaired) electrons. The summed E-state index contributed by atoms with van der Waals surface area (Å²) in [5, 5.41) is 159. The maximum absolute atomic E-state index is 15.1. The summed E-state index contributed by atoms with van der Waals surface area (Å²) in [6, 6.07) is 0.633. The Bertz CT molecular complexity index is 3060. The summed E-state index contributed by atoms with van der Waals surface area (Å²) in [6.07, 6.45) is -32.4. The fourth-order valence-electron chi connectivity index (χ4n) is 11.4. The number of aliphatic imine (C=N–C) groups is 2. The number of esters is 1. The molecule has 0 bridgehead atoms. The summed E-state index contributed by atoms with van der Waals surface area (Å²) in [5.74, 6) is -10.1. The zero-order valence-electron chi connectivity index (χ0n) is 51.1. The van der Waals surface area contributed by atoms with E-state index >= 15 is 9.59 Å². The molecule has 4 saturated heterocycles. The third kappa shape index (κ3) is 16.5. The van der Waals surface area contributed by atoms with Crippen molar-refractivity contribution in [2.45, 2.75) is 173 Å². The van der Waals surface area contributed by atoms with Crippen LogP contribution in [0.3, 0.4) is 0 Å². The highest BCUT2D eigenvalue weighted by Gasteiger charge is 2.54. The minimum atomic E-state index is -2.36. The number of carbonyl (C=O) groups excluding carboxylic acids is 7. The number of nitrogens with zero attached hydrogens (tertiary/aromatic N) is 3. The summed E-state index contributed by atoms with van der Waals surface area (Å²) >= 11 is 0. The maximum atomic E-state index is 15.1. The molecule has 0 spiro atoms. The van der Waals surface area contributed by atoms with E-state index in [1.165, 1.54) is 24.3 Å². The number of nitrogens with two attached hydrogens (primary N) is 2. The van der Waals surface area contributed by atoms with Gasteiger partial charge in [-0.25, -0.2) is 0 Å². The van der Waals surface area contributed by atoms with Gasteiger partial charge in [0.1, 0.15) is 128 Å². The van der Waals surface area contributed by atoms with Crippen LogP contribution in [0.2, 0.25) is 0 Å². The molecular formula is C56H80N12O26. The lowest BCUT2D eigenvalue weighted by Gasteiger charge is -2.46. The lowest BCUT2D eigenvalue weighted by atomic mass is 9.92. The Morgan fingerprint density at radius 2 is 1.24 bits per heavy atom. The van der Waals surface area contributed by atoms with Crippen LogP contribution in [0.15, 0.2) is 64.6 Å². The number of guanidine groups is 2. The molecule has 0 aromatic heterocycles. The lowest BCUT2D eigenvalue weighted by molar-refractivity contribution is -0.352. The van der Waals surface area contributed by atoms with Crippen molar-refractivity contribution in [1.29, 1.82) is 0 Å². The number of nitrogens with one attached hydrogen (secondary N) is 7. The Morgan fingerprint density at radius 3 is 1.89 bits per heavy atom. The maximum Gasteiger partial charge on any atom is 0.302 e. The second-order valence-corrected chi connectivity index (χ2v) is 23.1. The van der Waals surface area contributed by atoms with Gasteiger partial charge < -0.3 is 148 Å². The molecular weight excluding hydrogens is 1260 g/mol. The van der Waals surface area contributed by atoms with Crippen LogP contribution in [0.5, 0.6) is 5.75 Å². The van der Waals surface area contributed by atoms with Gasteiger partial charge in [-0.05, 0) is 23.3 Å². The molecule has 38 nitrogen and oxygen atoms in total. The van der Waals surface area contributed by atoms with Crippen molar-refractivity contribution in [2.75, 3.05) is 46.1 Å². The molecule has 6 aliphatic rings. The van der Waals surface area contributed by atoms with Gasteiger partial charge in [-0.3, -0.25) is 43.5 Å². The predicted octanol–water partition coefficient (Wildman–Crippen LogP) is -13.0. The van der Waals surface area contributed by atoms with Crippen molar-refractivity contribution in [3.63, 3.8) is 0 Å². The zero-order chi connectivity index (χ0) is 69.3. The van der Waals surface area contributed by atoms with Gasteiger partial charge in [-0.15, -0.1) is 0 Å². The predicted molar refractivity (Wildman–Crippen MR) is 313 cm³/mol. The number of ether oxygens (including phenoxy) is 6. The number of carbonyl (C=O) groups is 7. The molecule has 6 heterocycles. The van der Waals surface area contributed by atoms with E-state index in [1.54, 1.807) is 37.3 Å². The second-order valence-electron chi connectivity index (χ2n) is 23.1. The quantitative estimate of drug-likeness (QED) is 0.0616. The highest BCUT2D eigenvalue weighted by molar-refractivity contribution is 5.98. The third-order valence-corrected chi connectivity index (χ3v) is 16.7. The van der Waals surface area contributed by atoms with Crippen molar-refractivity contribution < 1.29 is 130 Å². The Labute approximate surface area is 535 Å². The monoisotopic (exact) mass is 1340 g/mol. The standard InChI is InChI=1S/C56H80N12O26/c1-20(23-6-4-3-5-7-23)33-49(86)62-25(12-22-8-10-24(11-9-22)90-53-45(83)42(80)46(30(18-71)92-53)94-54-44(82)41(79)39(77)31(93-54)19-89-21(2)72)48(85)66-34(36(74)26-13-60-55(57)64-26)51(88)67-35(50(87)63-27(16-69)47(84)59-15-32(73)65-33)37(75)28-14-61-56(58)68(28)52-43(81)40(78)38(76)29(17-70)91-52/h3-11,20,25-31,33-46,52-54,69-71,74-83H,12-19H2,1-2H3,(H2,58,61)(H,59,84)(H,62,86)(H,63,87)(H,65,73)(H,66,85)(H,67,88)(H3,57,60,64)/t20?,25-,26?,27+,28?,29-,30-,31-,33+,34+,35-,36?,37?,38-,39-,40+,41+,42-,43+,44+,45+,46-,52+,53+,54?/m1/s1/i2D. The van der Waals surface area contributed by atoms with Crippen LogP contribution in [0.1, 0.15) is 32.2 Å². The second kappa shape index (κ2) is 31.8. The zero-order valence-corrected chi connectivity index (χ0v) is 50.1. The first-order chi connectivity index (χ1) is 45.2. The smallest absolute Gasteiger partial charge is 0.302 e. The van der Waals surface area contributed by atoms with Crippen LogP contribution in [0.4, 0.5) is 0 Å². The van der Waals surface area contributed by atoms with Crippen molar-refractivity contribution in [1.82, 2.24) is 42.1 Å². The highest BCUT2D eigenvalue weighted by Crippen LogP contribution is 2.33. The molecule has 520 valence electrons. The van der Waals surface area contributed by atoms with E-state index < -0.39 is 253 Å². The van der Waals surface area contributed by atoms with Crippen LogP contribution < -0.4 is 53.4 Å². The van der Waals surface area contributed by atoms with Gasteiger partial charge >= 0.3 is 5.97 Å². The Morgan fingerprint density at radius 1 is 0.638 bits per heavy atom. The molecule has 38 heteroatoms. The molecule has 2 aromatic carbocycles. The van der Waals surface area contributed by atoms with Crippen molar-refractivity contribution in [2.24, 2.45) is 21.5 Å². The van der Waals surface area contributed by atoms with Gasteiger partial charge in [0, 0.05) is 20.6 Å². The van der Waals surface area contributed by atoms with E-state index in [-0.39, 0.29) is 23.8 Å². The number of amides is 6. The number of aliphatic hydroxyl groups is 13. The molecule has 24 N–H and O–H groups in total. The molecule has 6 unspecified atom stereocenters. The van der Waals surface area contributed by atoms with Crippen LogP contribution in [-0.2, 0) is 63.7 Å². The Kier molecular flexibility index (Phi) is 23.9. The van der Waals surface area contributed by atoms with Crippen LogP contribution in [-0.4, -0.2) is 317 Å². The largest absolute Gasteiger partial charge is 0.463 e. The number of aliphatic hydroxyl groups excluding tert-OH is 13. The van der Waals surface area contributed by atoms with E-state index in [0.717, 1.165) is 4.90 Å². The highest BCUT2D eigenvalue weighted by atomic mass is 16.7. The van der Waals surface area contributed by atoms with E-state index in [9.17, 15) is 90.4 Å². The third-order valence-electron chi connectivity index (χ3n) is 16.7. The molecule has 6 aliphatic heterocycles. The minimum absolute atomic E-state index is 0.0984. The Balaban J connectivity index is 1.09. The first-order valence-electron chi connectivity index (χ1n) is 30.3. The fourth-order valence-corrected chi connectivity index (χ4v) is 11.4. The fraction of sp³-hybridized carbons (Fsp3) is 0.625. The van der Waals surface area contributed by atoms with Gasteiger partial charge in [0.25, 0.3) is 0 Å². The number of hydrogen-bond acceptors (Lipinski definition) is 32. The molecule has 25 atom stereocenters. The van der Waals surface area contributed by atoms with Crippen molar-refractivity contribution >= 4 is 53.3 Å². The first kappa shape index (κ1) is 70.7. The lowest BCUT2D eigenvalue weighted by Crippen LogP contribution is -2.70. The summed E-state index contributed by atoms with van der Waals surface area (Å²) in [4.78, 5) is 108. The summed E-state index contributed by atoms with van der Waals surface area (Å²) in [5.41, 5.74) is 12.8. The van der Waals surface area contributed by atoms with E-state index in [2.05, 4.69) is 47.2 Å². The van der Waals surface area contributed by atoms with E-state index in [1.807, 2.05) is 0 Å². The molecule has 2 aromatic rings. The number of hydrogen-bond donors (Lipinski definition) is 22. The number of benzene rings is 2. The van der Waals surface area contributed by atoms with Crippen LogP contribution >= 0.6 is 0 Å². The average molecular weight is 1340 g/mol. The SMILES string of the molecule is [2H]CC(=O)OC[C@H]1OC(O[C@H]2[C@H](O)[C@H](O)[C@@H](Oc3ccc(C[C@H]4NC(=O)[C@H](C(C)c5ccccc5)NC(=O)CNC(=O)[C@H](CO)NC(=O)[C@@H](C(O)C5CN=C(N)N5[C@H]5O[C@H](CO)[C@@H](O)[C@H](O)[C@@H]5O)NC(=O)[C@H](C(O)C5CN=C(N)N5)NC4=O)cc3)O[C@@H]2CO)[C@@H](O)[C@@H](O)[C@@H]1O. The van der Waals surface area contributed by atoms with Crippen LogP contribution in [0, 0.1) is 0 Å². The normalized spacial score (nSPS) is 36.8. The van der Waals surface area contributed by atoms with Crippen molar-refractivity contribution in [3.05, 3.63) is 65.7 Å². The Hall–Kier alpha value is -7.61. The van der Waals surface area contributed by atoms with E-state index in [0.29, 0.717) is 5.56 Å². The topological polar surface area (TPSA) is 602 Å². The van der Waals surface area contributed by atoms with Crippen LogP contribution in [0.25, 0.3) is 0 Å². The summed E-state index contributed by atoms with van der Waals surface area (Å²) in [6.45, 7) is -4.72. The van der Waals surface area contributed by atoms with Gasteiger partial charge in [0.15, 0.2) is 24.4 Å². The molecule has 4 fully saturated rings. The first-order valence-corrected chi connectivity index (χ1v) is 29.6. The molecule has 6 amide bonds. The molecule has 94 heavy (non-hydrogen) atoms. The van der Waals surface area contributed by atoms with Gasteiger partial charge in [0.05, 0.1) is 51.5 Å². The van der Waals surface area contributed by atoms with Gasteiger partial charge in [-0.2, -0.15) is 0 Å². The van der Waals surface area contributed by atoms with Gasteiger partial charge in [-0.1, -0.05) is 49.4 Å². The summed E-state index contributed by atoms with van der Waals surface area (Å²) < 4.78 is 40.5. The van der Waals surface area contributed by atoms with Crippen molar-refractivity contribution in [3.8, 4) is 5.75 Å².